The summed E-state index contributed by atoms with van der Waals surface area (Å²) >= 11 is 5.91. The van der Waals surface area contributed by atoms with Crippen LogP contribution in [0.15, 0.2) is 24.5 Å². The number of nitrogens with one attached hydrogen (secondary N) is 2. The van der Waals surface area contributed by atoms with Crippen molar-refractivity contribution in [3.63, 3.8) is 0 Å². The molecule has 3 heterocycles. The number of aromatic nitrogens is 4. The van der Waals surface area contributed by atoms with Crippen molar-refractivity contribution in [1.29, 1.82) is 0 Å². The Balaban J connectivity index is 0.000000159. The molecular weight excluding hydrogens is 454 g/mol. The Kier molecular flexibility index (Phi) is 6.29. The zero-order valence-electron chi connectivity index (χ0n) is 18.1. The maximum Gasteiger partial charge on any atom is 0.270 e. The number of hydrogen-bond donors (Lipinski definition) is 2. The highest BCUT2D eigenvalue weighted by molar-refractivity contribution is 6.29. The summed E-state index contributed by atoms with van der Waals surface area (Å²) in [6, 6.07) is 2.92. The maximum atomic E-state index is 12.8. The van der Waals surface area contributed by atoms with E-state index in [1.165, 1.54) is 17.5 Å². The highest BCUT2D eigenvalue weighted by atomic mass is 35.5. The number of alkyl halides is 2. The van der Waals surface area contributed by atoms with Gasteiger partial charge in [0.1, 0.15) is 5.69 Å². The predicted octanol–water partition coefficient (Wildman–Crippen LogP) is 4.09. The lowest BCUT2D eigenvalue weighted by Crippen LogP contribution is -2.27. The van der Waals surface area contributed by atoms with E-state index in [4.69, 9.17) is 11.6 Å². The number of halogens is 3. The normalized spacial score (nSPS) is 16.2. The minimum absolute atomic E-state index is 0.0672. The Morgan fingerprint density at radius 1 is 1.27 bits per heavy atom. The number of fused-ring (bicyclic) bond motifs is 3. The molecule has 0 aliphatic heterocycles. The topological polar surface area (TPSA) is 101 Å². The number of rotatable bonds is 5. The minimum Gasteiger partial charge on any atom is -0.348 e. The molecule has 0 atom stereocenters. The zero-order valence-corrected chi connectivity index (χ0v) is 18.9. The van der Waals surface area contributed by atoms with Gasteiger partial charge in [0.2, 0.25) is 6.41 Å². The summed E-state index contributed by atoms with van der Waals surface area (Å²) < 4.78 is 27.5. The molecule has 1 fully saturated rings. The molecule has 33 heavy (non-hydrogen) atoms. The third-order valence-electron chi connectivity index (χ3n) is 5.70. The number of hydrogen-bond acceptors (Lipinski definition) is 5. The summed E-state index contributed by atoms with van der Waals surface area (Å²) in [6.45, 7) is 4.49. The van der Waals surface area contributed by atoms with Gasteiger partial charge in [0.15, 0.2) is 10.8 Å². The second-order valence-corrected chi connectivity index (χ2v) is 9.11. The van der Waals surface area contributed by atoms with E-state index in [0.717, 1.165) is 37.4 Å². The van der Waals surface area contributed by atoms with Crippen LogP contribution in [-0.4, -0.2) is 37.9 Å². The van der Waals surface area contributed by atoms with Gasteiger partial charge in [0, 0.05) is 23.7 Å². The summed E-state index contributed by atoms with van der Waals surface area (Å²) in [5.74, 6) is -0.606. The largest absolute Gasteiger partial charge is 0.348 e. The molecule has 3 aromatic rings. The molecule has 11 heteroatoms. The first-order valence-electron chi connectivity index (χ1n) is 10.5. The molecule has 1 saturated carbocycles. The second-order valence-electron chi connectivity index (χ2n) is 8.73. The van der Waals surface area contributed by atoms with Gasteiger partial charge >= 0.3 is 0 Å². The fraction of sp³-hybridized carbons (Fsp3) is 0.409. The second kappa shape index (κ2) is 9.01. The fourth-order valence-corrected chi connectivity index (χ4v) is 4.05. The minimum atomic E-state index is -2.83. The average Bonchev–Trinajstić information content (AvgIpc) is 3.41. The Morgan fingerprint density at radius 2 is 2.03 bits per heavy atom. The highest BCUT2D eigenvalue weighted by Crippen LogP contribution is 2.38. The van der Waals surface area contributed by atoms with E-state index in [1.54, 1.807) is 6.07 Å². The molecule has 174 valence electrons. The molecule has 5 rings (SSSR count). The number of anilines is 1. The van der Waals surface area contributed by atoms with Crippen LogP contribution in [0.5, 0.6) is 0 Å². The average molecular weight is 477 g/mol. The Labute approximate surface area is 193 Å². The Bertz CT molecular complexity index is 1210. The molecule has 0 saturated heterocycles. The van der Waals surface area contributed by atoms with Crippen LogP contribution in [0.1, 0.15) is 66.8 Å². The van der Waals surface area contributed by atoms with Crippen molar-refractivity contribution < 1.29 is 18.4 Å². The van der Waals surface area contributed by atoms with Gasteiger partial charge in [-0.3, -0.25) is 9.59 Å². The van der Waals surface area contributed by atoms with Gasteiger partial charge < -0.3 is 10.6 Å². The van der Waals surface area contributed by atoms with Gasteiger partial charge in [-0.05, 0) is 37.3 Å². The summed E-state index contributed by atoms with van der Waals surface area (Å²) in [5.41, 5.74) is 2.92. The Hall–Kier alpha value is -3.14. The van der Waals surface area contributed by atoms with E-state index in [0.29, 0.717) is 11.6 Å². The lowest BCUT2D eigenvalue weighted by Gasteiger charge is -2.19. The molecule has 2 aliphatic carbocycles. The number of nitrogens with zero attached hydrogens (tertiary/aromatic N) is 4. The van der Waals surface area contributed by atoms with E-state index in [2.05, 4.69) is 39.5 Å². The number of pyridine rings is 1. The number of aryl methyl sites for hydroxylation is 1. The smallest absolute Gasteiger partial charge is 0.270 e. The molecule has 0 radical (unpaired) electrons. The molecule has 0 unspecified atom stereocenters. The van der Waals surface area contributed by atoms with Crippen molar-refractivity contribution in [2.24, 2.45) is 0 Å². The van der Waals surface area contributed by atoms with Crippen LogP contribution in [-0.2, 0) is 16.6 Å². The van der Waals surface area contributed by atoms with Crippen molar-refractivity contribution in [3.8, 4) is 0 Å². The van der Waals surface area contributed by atoms with E-state index in [-0.39, 0.29) is 22.8 Å². The van der Waals surface area contributed by atoms with Gasteiger partial charge in [-0.2, -0.15) is 5.10 Å². The summed E-state index contributed by atoms with van der Waals surface area (Å²) in [5, 5.41) is 9.62. The maximum absolute atomic E-state index is 12.8. The van der Waals surface area contributed by atoms with Gasteiger partial charge in [0.25, 0.3) is 12.3 Å². The molecule has 0 aromatic carbocycles. The first kappa shape index (κ1) is 23.0. The summed E-state index contributed by atoms with van der Waals surface area (Å²) in [7, 11) is 0. The molecule has 2 amide bonds. The van der Waals surface area contributed by atoms with Crippen molar-refractivity contribution in [3.05, 3.63) is 52.2 Å². The highest BCUT2D eigenvalue weighted by Gasteiger charge is 2.33. The zero-order chi connectivity index (χ0) is 23.8. The van der Waals surface area contributed by atoms with Crippen LogP contribution >= 0.6 is 11.6 Å². The lowest BCUT2D eigenvalue weighted by molar-refractivity contribution is -0.105. The van der Waals surface area contributed by atoms with Crippen molar-refractivity contribution >= 4 is 35.3 Å². The molecular formula is C22H23ClF2N6O2. The number of carbonyl (C=O) groups is 2. The first-order chi connectivity index (χ1) is 15.7. The standard InChI is InChI=1S/C11H12ClN3.C11H11F2N3O2/c1-11(2)4-3-7-6-13-9-5-8(12)14-15(9)10(7)11;12-10(13)8-3-7(15-5-17)4-14-9(8)11(18)16-6-1-2-6/h5-6H,3-4H2,1-2H3;3-6,10H,1-2H2,(H,15,17)(H,16,18). The first-order valence-corrected chi connectivity index (χ1v) is 10.9. The van der Waals surface area contributed by atoms with Gasteiger partial charge in [-0.15, -0.1) is 0 Å². The fourth-order valence-electron chi connectivity index (χ4n) is 3.88. The third kappa shape index (κ3) is 4.95. The molecule has 2 aliphatic rings. The third-order valence-corrected chi connectivity index (χ3v) is 5.88. The summed E-state index contributed by atoms with van der Waals surface area (Å²) in [6.07, 6.45) is 4.62. The van der Waals surface area contributed by atoms with Gasteiger partial charge in [-0.25, -0.2) is 23.3 Å². The van der Waals surface area contributed by atoms with E-state index >= 15 is 0 Å². The van der Waals surface area contributed by atoms with Crippen LogP contribution in [0.2, 0.25) is 5.15 Å². The predicted molar refractivity (Wildman–Crippen MR) is 119 cm³/mol. The van der Waals surface area contributed by atoms with Crippen LogP contribution in [0.3, 0.4) is 0 Å². The molecule has 0 spiro atoms. The van der Waals surface area contributed by atoms with Crippen molar-refractivity contribution in [2.75, 3.05) is 5.32 Å². The van der Waals surface area contributed by atoms with Gasteiger partial charge in [-0.1, -0.05) is 25.4 Å². The van der Waals surface area contributed by atoms with Crippen LogP contribution in [0.4, 0.5) is 14.5 Å². The van der Waals surface area contributed by atoms with Crippen LogP contribution < -0.4 is 10.6 Å². The van der Waals surface area contributed by atoms with Crippen LogP contribution in [0, 0.1) is 0 Å². The van der Waals surface area contributed by atoms with E-state index in [1.807, 2.05) is 10.7 Å². The van der Waals surface area contributed by atoms with Crippen LogP contribution in [0.25, 0.3) is 5.65 Å². The van der Waals surface area contributed by atoms with E-state index < -0.39 is 17.9 Å². The number of amides is 2. The number of carbonyl (C=O) groups excluding carboxylic acids is 2. The van der Waals surface area contributed by atoms with E-state index in [9.17, 15) is 18.4 Å². The summed E-state index contributed by atoms with van der Waals surface area (Å²) in [4.78, 5) is 30.0. The lowest BCUT2D eigenvalue weighted by atomic mass is 9.91. The van der Waals surface area contributed by atoms with Crippen molar-refractivity contribution in [1.82, 2.24) is 24.9 Å². The Morgan fingerprint density at radius 3 is 2.70 bits per heavy atom. The quantitative estimate of drug-likeness (QED) is 0.540. The molecule has 2 N–H and O–H groups in total. The monoisotopic (exact) mass is 476 g/mol. The SMILES string of the molecule is CC1(C)CCc2cnc3cc(Cl)nn3c21.O=CNc1cnc(C(=O)NC2CC2)c(C(F)F)c1. The molecule has 0 bridgehead atoms. The van der Waals surface area contributed by atoms with Crippen molar-refractivity contribution in [2.45, 2.75) is 57.4 Å². The molecule has 8 nitrogen and oxygen atoms in total. The molecule has 3 aromatic heterocycles. The van der Waals surface area contributed by atoms with Gasteiger partial charge in [0.05, 0.1) is 23.1 Å².